The number of carbonyl (C=O) groups excluding carboxylic acids is 1. The van der Waals surface area contributed by atoms with E-state index in [0.717, 1.165) is 51.7 Å². The SMILES string of the molecule is CCC1OCCc2cc(C(N)=O)ccc21.Cc1ccc(CN)cc1C.FC(F)(F)c1cccc(N2CCNCC2)c1. The van der Waals surface area contributed by atoms with Crippen molar-refractivity contribution in [3.63, 3.8) is 0 Å². The molecule has 6 nitrogen and oxygen atoms in total. The van der Waals surface area contributed by atoms with Crippen molar-refractivity contribution in [2.24, 2.45) is 11.5 Å². The van der Waals surface area contributed by atoms with Crippen molar-refractivity contribution in [2.45, 2.75) is 52.4 Å². The van der Waals surface area contributed by atoms with Crippen LogP contribution >= 0.6 is 0 Å². The van der Waals surface area contributed by atoms with Crippen LogP contribution in [0.2, 0.25) is 0 Å². The van der Waals surface area contributed by atoms with Crippen molar-refractivity contribution in [3.8, 4) is 0 Å². The minimum Gasteiger partial charge on any atom is -0.373 e. The lowest BCUT2D eigenvalue weighted by Gasteiger charge is -2.29. The van der Waals surface area contributed by atoms with E-state index >= 15 is 0 Å². The summed E-state index contributed by atoms with van der Waals surface area (Å²) in [6, 6.07) is 17.4. The smallest absolute Gasteiger partial charge is 0.373 e. The maximum absolute atomic E-state index is 12.5. The number of carbonyl (C=O) groups is 1. The lowest BCUT2D eigenvalue weighted by atomic mass is 9.94. The first kappa shape index (κ1) is 32.1. The molecule has 1 saturated heterocycles. The molecule has 2 heterocycles. The highest BCUT2D eigenvalue weighted by atomic mass is 19.4. The van der Waals surface area contributed by atoms with Gasteiger partial charge in [-0.25, -0.2) is 0 Å². The molecule has 2 aliphatic heterocycles. The fourth-order valence-corrected chi connectivity index (χ4v) is 4.76. The number of rotatable bonds is 4. The van der Waals surface area contributed by atoms with Crippen LogP contribution < -0.4 is 21.7 Å². The highest BCUT2D eigenvalue weighted by molar-refractivity contribution is 5.93. The molecule has 1 fully saturated rings. The fourth-order valence-electron chi connectivity index (χ4n) is 4.76. The number of piperazine rings is 1. The number of nitrogens with zero attached hydrogens (tertiary/aromatic N) is 1. The Morgan fingerprint density at radius 3 is 2.37 bits per heavy atom. The summed E-state index contributed by atoms with van der Waals surface area (Å²) < 4.78 is 43.2. The molecule has 41 heavy (non-hydrogen) atoms. The number of alkyl halides is 3. The van der Waals surface area contributed by atoms with E-state index in [2.05, 4.69) is 44.3 Å². The summed E-state index contributed by atoms with van der Waals surface area (Å²) in [7, 11) is 0. The number of amides is 1. The number of halogens is 3. The Balaban J connectivity index is 0.000000174. The molecule has 5 rings (SSSR count). The van der Waals surface area contributed by atoms with Gasteiger partial charge in [-0.3, -0.25) is 4.79 Å². The second kappa shape index (κ2) is 15.0. The third kappa shape index (κ3) is 9.31. The van der Waals surface area contributed by atoms with Gasteiger partial charge < -0.3 is 26.4 Å². The first-order chi connectivity index (χ1) is 19.5. The number of aryl methyl sites for hydroxylation is 2. The molecule has 0 aliphatic carbocycles. The van der Waals surface area contributed by atoms with Crippen molar-refractivity contribution in [1.82, 2.24) is 5.32 Å². The van der Waals surface area contributed by atoms with Crippen molar-refractivity contribution in [3.05, 3.63) is 99.6 Å². The van der Waals surface area contributed by atoms with E-state index in [-0.39, 0.29) is 12.0 Å². The van der Waals surface area contributed by atoms with Gasteiger partial charge in [-0.2, -0.15) is 13.2 Å². The van der Waals surface area contributed by atoms with E-state index in [0.29, 0.717) is 17.8 Å². The van der Waals surface area contributed by atoms with Crippen LogP contribution in [0.1, 0.15) is 63.2 Å². The van der Waals surface area contributed by atoms with E-state index in [1.54, 1.807) is 12.1 Å². The molecular formula is C32H41F3N4O2. The highest BCUT2D eigenvalue weighted by Crippen LogP contribution is 2.32. The molecular weight excluding hydrogens is 529 g/mol. The van der Waals surface area contributed by atoms with Gasteiger partial charge >= 0.3 is 6.18 Å². The molecule has 5 N–H and O–H groups in total. The third-order valence-electron chi connectivity index (χ3n) is 7.30. The van der Waals surface area contributed by atoms with E-state index in [1.807, 2.05) is 17.0 Å². The van der Waals surface area contributed by atoms with Gasteiger partial charge in [0.1, 0.15) is 0 Å². The van der Waals surface area contributed by atoms with Crippen LogP contribution in [0.5, 0.6) is 0 Å². The van der Waals surface area contributed by atoms with Crippen LogP contribution in [-0.2, 0) is 23.9 Å². The maximum Gasteiger partial charge on any atom is 0.416 e. The lowest BCUT2D eigenvalue weighted by molar-refractivity contribution is -0.137. The average molecular weight is 571 g/mol. The van der Waals surface area contributed by atoms with E-state index in [4.69, 9.17) is 16.2 Å². The van der Waals surface area contributed by atoms with Gasteiger partial charge in [-0.15, -0.1) is 0 Å². The molecule has 1 amide bonds. The van der Waals surface area contributed by atoms with Gasteiger partial charge in [0.25, 0.3) is 0 Å². The quantitative estimate of drug-likeness (QED) is 0.375. The number of fused-ring (bicyclic) bond motifs is 1. The van der Waals surface area contributed by atoms with Crippen molar-refractivity contribution in [1.29, 1.82) is 0 Å². The summed E-state index contributed by atoms with van der Waals surface area (Å²) in [6.07, 6.45) is -2.25. The molecule has 3 aromatic rings. The summed E-state index contributed by atoms with van der Waals surface area (Å²) in [5.74, 6) is -0.364. The van der Waals surface area contributed by atoms with Gasteiger partial charge in [0, 0.05) is 44.0 Å². The second-order valence-electron chi connectivity index (χ2n) is 10.2. The van der Waals surface area contributed by atoms with Gasteiger partial charge in [-0.1, -0.05) is 37.3 Å². The molecule has 0 spiro atoms. The summed E-state index contributed by atoms with van der Waals surface area (Å²) >= 11 is 0. The van der Waals surface area contributed by atoms with E-state index in [9.17, 15) is 18.0 Å². The molecule has 1 unspecified atom stereocenters. The first-order valence-electron chi connectivity index (χ1n) is 14.0. The summed E-state index contributed by atoms with van der Waals surface area (Å²) in [4.78, 5) is 13.0. The highest BCUT2D eigenvalue weighted by Gasteiger charge is 2.30. The van der Waals surface area contributed by atoms with Gasteiger partial charge in [0.05, 0.1) is 18.3 Å². The molecule has 0 aromatic heterocycles. The molecule has 222 valence electrons. The van der Waals surface area contributed by atoms with Crippen LogP contribution in [0, 0.1) is 13.8 Å². The molecule has 2 aliphatic rings. The molecule has 9 heteroatoms. The Morgan fingerprint density at radius 2 is 1.76 bits per heavy atom. The van der Waals surface area contributed by atoms with Gasteiger partial charge in [-0.05, 0) is 84.8 Å². The fraction of sp³-hybridized carbons (Fsp3) is 0.406. The van der Waals surface area contributed by atoms with Crippen LogP contribution in [0.25, 0.3) is 0 Å². The minimum absolute atomic E-state index is 0.177. The number of primary amides is 1. The summed E-state index contributed by atoms with van der Waals surface area (Å²) in [5.41, 5.74) is 17.6. The minimum atomic E-state index is -4.26. The molecule has 0 bridgehead atoms. The molecule has 0 saturated carbocycles. The first-order valence-corrected chi connectivity index (χ1v) is 14.0. The lowest BCUT2D eigenvalue weighted by Crippen LogP contribution is -2.43. The number of hydrogen-bond donors (Lipinski definition) is 3. The molecule has 0 radical (unpaired) electrons. The number of hydrogen-bond acceptors (Lipinski definition) is 5. The van der Waals surface area contributed by atoms with Crippen molar-refractivity contribution >= 4 is 11.6 Å². The molecule has 1 atom stereocenters. The van der Waals surface area contributed by atoms with Crippen LogP contribution in [0.4, 0.5) is 18.9 Å². The zero-order valence-corrected chi connectivity index (χ0v) is 24.1. The predicted octanol–water partition coefficient (Wildman–Crippen LogP) is 5.69. The van der Waals surface area contributed by atoms with Gasteiger partial charge in [0.15, 0.2) is 0 Å². The Hall–Kier alpha value is -3.40. The third-order valence-corrected chi connectivity index (χ3v) is 7.30. The average Bonchev–Trinajstić information content (AvgIpc) is 2.98. The Morgan fingerprint density at radius 1 is 1.02 bits per heavy atom. The van der Waals surface area contributed by atoms with Crippen LogP contribution in [0.15, 0.2) is 60.7 Å². The van der Waals surface area contributed by atoms with Crippen molar-refractivity contribution < 1.29 is 22.7 Å². The zero-order valence-electron chi connectivity index (χ0n) is 24.1. The largest absolute Gasteiger partial charge is 0.416 e. The van der Waals surface area contributed by atoms with E-state index in [1.165, 1.54) is 39.9 Å². The Kier molecular flexibility index (Phi) is 11.8. The monoisotopic (exact) mass is 570 g/mol. The van der Waals surface area contributed by atoms with Crippen molar-refractivity contribution in [2.75, 3.05) is 37.7 Å². The maximum atomic E-state index is 12.5. The second-order valence-corrected chi connectivity index (χ2v) is 10.2. The van der Waals surface area contributed by atoms with Crippen LogP contribution in [0.3, 0.4) is 0 Å². The summed E-state index contributed by atoms with van der Waals surface area (Å²) in [5, 5.41) is 3.17. The topological polar surface area (TPSA) is 93.6 Å². The number of anilines is 1. The number of nitrogens with two attached hydrogens (primary N) is 2. The normalized spacial score (nSPS) is 16.5. The Bertz CT molecular complexity index is 1290. The van der Waals surface area contributed by atoms with E-state index < -0.39 is 11.7 Å². The Labute approximate surface area is 240 Å². The standard InChI is InChI=1S/C12H15NO2.C11H13F3N2.C9H13N/c1-2-11-10-4-3-9(12(13)14)7-8(10)5-6-15-11;12-11(13,14)9-2-1-3-10(8-9)16-6-4-15-5-7-16;1-7-3-4-9(6-10)5-8(7)2/h3-4,7,11H,2,5-6H2,1H3,(H2,13,14);1-3,8,15H,4-7H2;3-5H,6,10H2,1-2H3. The molecule has 3 aromatic carbocycles. The number of benzene rings is 3. The zero-order chi connectivity index (χ0) is 30.0. The number of nitrogens with one attached hydrogen (secondary N) is 1. The number of ether oxygens (including phenoxy) is 1. The van der Waals surface area contributed by atoms with Crippen LogP contribution in [-0.4, -0.2) is 38.7 Å². The van der Waals surface area contributed by atoms with Gasteiger partial charge in [0.2, 0.25) is 5.91 Å². The summed E-state index contributed by atoms with van der Waals surface area (Å²) in [6.45, 7) is 10.8. The predicted molar refractivity (Wildman–Crippen MR) is 158 cm³/mol.